The second-order valence-corrected chi connectivity index (χ2v) is 5.04. The van der Waals surface area contributed by atoms with Crippen LogP contribution in [0.15, 0.2) is 42.5 Å². The van der Waals surface area contributed by atoms with Gasteiger partial charge >= 0.3 is 6.18 Å². The third-order valence-electron chi connectivity index (χ3n) is 3.80. The lowest BCUT2D eigenvalue weighted by Crippen LogP contribution is -2.05. The molecule has 0 bridgehead atoms. The van der Waals surface area contributed by atoms with Gasteiger partial charge in [0.2, 0.25) is 0 Å². The van der Waals surface area contributed by atoms with E-state index >= 15 is 0 Å². The summed E-state index contributed by atoms with van der Waals surface area (Å²) in [5.41, 5.74) is 0.415. The summed E-state index contributed by atoms with van der Waals surface area (Å²) < 4.78 is 38.5. The molecule has 0 aliphatic carbocycles. The van der Waals surface area contributed by atoms with Crippen molar-refractivity contribution in [3.05, 3.63) is 53.6 Å². The summed E-state index contributed by atoms with van der Waals surface area (Å²) in [6.45, 7) is 0. The van der Waals surface area contributed by atoms with Gasteiger partial charge in [-0.3, -0.25) is 4.79 Å². The molecule has 3 aromatic rings. The van der Waals surface area contributed by atoms with Crippen molar-refractivity contribution in [2.75, 3.05) is 5.32 Å². The molecule has 2 nitrogen and oxygen atoms in total. The Bertz CT molecular complexity index is 928. The number of carbonyl (C=O) groups excluding carboxylic acids is 1. The summed E-state index contributed by atoms with van der Waals surface area (Å²) >= 11 is 0. The van der Waals surface area contributed by atoms with Crippen molar-refractivity contribution >= 4 is 33.1 Å². The van der Waals surface area contributed by atoms with Crippen LogP contribution in [0.1, 0.15) is 15.9 Å². The van der Waals surface area contributed by atoms with Crippen molar-refractivity contribution in [2.24, 2.45) is 0 Å². The first-order valence-electron chi connectivity index (χ1n) is 6.33. The van der Waals surface area contributed by atoms with Gasteiger partial charge in [0.25, 0.3) is 5.91 Å². The maximum atomic E-state index is 12.8. The Morgan fingerprint density at radius 3 is 2.52 bits per heavy atom. The molecule has 1 N–H and O–H groups in total. The molecule has 104 valence electrons. The van der Waals surface area contributed by atoms with E-state index in [0.717, 1.165) is 22.9 Å². The maximum absolute atomic E-state index is 12.8. The summed E-state index contributed by atoms with van der Waals surface area (Å²) in [5.74, 6) is -0.277. The van der Waals surface area contributed by atoms with Crippen molar-refractivity contribution in [3.63, 3.8) is 0 Å². The van der Waals surface area contributed by atoms with Crippen LogP contribution < -0.4 is 5.32 Å². The molecule has 1 aliphatic heterocycles. The Kier molecular flexibility index (Phi) is 2.18. The third kappa shape index (κ3) is 1.63. The molecule has 0 aromatic heterocycles. The molecular formula is C16H8F3NO. The molecule has 0 spiro atoms. The molecule has 21 heavy (non-hydrogen) atoms. The minimum absolute atomic E-state index is 0.277. The Morgan fingerprint density at radius 1 is 0.952 bits per heavy atom. The first-order chi connectivity index (χ1) is 9.95. The Labute approximate surface area is 117 Å². The number of anilines is 1. The van der Waals surface area contributed by atoms with Gasteiger partial charge in [0.15, 0.2) is 0 Å². The fourth-order valence-corrected chi connectivity index (χ4v) is 2.87. The lowest BCUT2D eigenvalue weighted by molar-refractivity contribution is -0.137. The van der Waals surface area contributed by atoms with E-state index < -0.39 is 11.7 Å². The van der Waals surface area contributed by atoms with E-state index in [0.29, 0.717) is 22.0 Å². The lowest BCUT2D eigenvalue weighted by atomic mass is 9.96. The van der Waals surface area contributed by atoms with Gasteiger partial charge in [-0.05, 0) is 40.4 Å². The number of hydrogen-bond acceptors (Lipinski definition) is 1. The first-order valence-corrected chi connectivity index (χ1v) is 6.33. The molecule has 0 fully saturated rings. The highest BCUT2D eigenvalue weighted by atomic mass is 19.4. The Morgan fingerprint density at radius 2 is 1.76 bits per heavy atom. The highest BCUT2D eigenvalue weighted by molar-refractivity contribution is 6.28. The number of fused-ring (bicyclic) bond motifs is 2. The first kappa shape index (κ1) is 12.2. The zero-order chi connectivity index (χ0) is 14.8. The van der Waals surface area contributed by atoms with Gasteiger partial charge in [-0.1, -0.05) is 18.2 Å². The van der Waals surface area contributed by atoms with Crippen LogP contribution in [0.5, 0.6) is 0 Å². The van der Waals surface area contributed by atoms with Crippen LogP contribution in [0, 0.1) is 0 Å². The molecule has 3 aromatic carbocycles. The summed E-state index contributed by atoms with van der Waals surface area (Å²) in [6, 6.07) is 10.5. The van der Waals surface area contributed by atoms with Gasteiger partial charge in [-0.2, -0.15) is 13.2 Å². The van der Waals surface area contributed by atoms with E-state index in [4.69, 9.17) is 0 Å². The second kappa shape index (κ2) is 3.75. The predicted octanol–water partition coefficient (Wildman–Crippen LogP) is 4.58. The average molecular weight is 287 g/mol. The van der Waals surface area contributed by atoms with Crippen molar-refractivity contribution in [1.82, 2.24) is 0 Å². The minimum Gasteiger partial charge on any atom is -0.321 e. The molecule has 0 unspecified atom stereocenters. The number of benzene rings is 3. The summed E-state index contributed by atoms with van der Waals surface area (Å²) in [7, 11) is 0. The molecule has 0 radical (unpaired) electrons. The van der Waals surface area contributed by atoms with Gasteiger partial charge in [-0.25, -0.2) is 0 Å². The summed E-state index contributed by atoms with van der Waals surface area (Å²) in [5, 5.41) is 5.41. The molecule has 1 heterocycles. The zero-order valence-corrected chi connectivity index (χ0v) is 10.6. The number of carbonyl (C=O) groups is 1. The zero-order valence-electron chi connectivity index (χ0n) is 10.6. The SMILES string of the molecule is O=C1Nc2cccc3c2c1cc1cc(C(F)(F)F)ccc13. The van der Waals surface area contributed by atoms with E-state index in [-0.39, 0.29) is 5.91 Å². The maximum Gasteiger partial charge on any atom is 0.416 e. The fourth-order valence-electron chi connectivity index (χ4n) is 2.87. The monoisotopic (exact) mass is 287 g/mol. The van der Waals surface area contributed by atoms with Gasteiger partial charge < -0.3 is 5.32 Å². The molecule has 1 aliphatic rings. The van der Waals surface area contributed by atoms with Crippen molar-refractivity contribution < 1.29 is 18.0 Å². The van der Waals surface area contributed by atoms with Gasteiger partial charge in [0.05, 0.1) is 11.1 Å². The Balaban J connectivity index is 2.15. The fraction of sp³-hybridized carbons (Fsp3) is 0.0625. The summed E-state index contributed by atoms with van der Waals surface area (Å²) in [4.78, 5) is 11.9. The van der Waals surface area contributed by atoms with Crippen molar-refractivity contribution in [3.8, 4) is 0 Å². The molecule has 5 heteroatoms. The molecule has 0 atom stereocenters. The normalized spacial score (nSPS) is 14.0. The molecule has 0 saturated carbocycles. The minimum atomic E-state index is -4.40. The van der Waals surface area contributed by atoms with Crippen LogP contribution in [0.25, 0.3) is 21.5 Å². The van der Waals surface area contributed by atoms with Crippen LogP contribution in [0.2, 0.25) is 0 Å². The van der Waals surface area contributed by atoms with E-state index in [1.807, 2.05) is 6.07 Å². The number of nitrogens with one attached hydrogen (secondary N) is 1. The molecule has 4 rings (SSSR count). The summed E-state index contributed by atoms with van der Waals surface area (Å²) in [6.07, 6.45) is -4.40. The van der Waals surface area contributed by atoms with Crippen LogP contribution in [0.4, 0.5) is 18.9 Å². The van der Waals surface area contributed by atoms with Crippen LogP contribution in [-0.2, 0) is 6.18 Å². The second-order valence-electron chi connectivity index (χ2n) is 5.04. The van der Waals surface area contributed by atoms with Crippen LogP contribution in [-0.4, -0.2) is 5.91 Å². The van der Waals surface area contributed by atoms with Gasteiger partial charge in [-0.15, -0.1) is 0 Å². The van der Waals surface area contributed by atoms with E-state index in [1.54, 1.807) is 12.1 Å². The number of amides is 1. The van der Waals surface area contributed by atoms with E-state index in [1.165, 1.54) is 12.1 Å². The van der Waals surface area contributed by atoms with E-state index in [2.05, 4.69) is 5.32 Å². The van der Waals surface area contributed by atoms with Gasteiger partial charge in [0.1, 0.15) is 0 Å². The quantitative estimate of drug-likeness (QED) is 0.602. The number of halogens is 3. The van der Waals surface area contributed by atoms with Gasteiger partial charge in [0, 0.05) is 11.1 Å². The average Bonchev–Trinajstić information content (AvgIpc) is 2.75. The number of rotatable bonds is 0. The smallest absolute Gasteiger partial charge is 0.321 e. The number of hydrogen-bond donors (Lipinski definition) is 1. The van der Waals surface area contributed by atoms with Crippen molar-refractivity contribution in [2.45, 2.75) is 6.18 Å². The topological polar surface area (TPSA) is 29.1 Å². The molecular weight excluding hydrogens is 279 g/mol. The lowest BCUT2D eigenvalue weighted by Gasteiger charge is -2.10. The van der Waals surface area contributed by atoms with Crippen LogP contribution >= 0.6 is 0 Å². The third-order valence-corrected chi connectivity index (χ3v) is 3.80. The predicted molar refractivity (Wildman–Crippen MR) is 74.4 cm³/mol. The standard InChI is InChI=1S/C16H8F3NO/c17-16(18,19)9-4-5-10-8(6-9)7-12-14-11(10)2-1-3-13(14)20-15(12)21/h1-7H,(H,20,21). The Hall–Kier alpha value is -2.56. The largest absolute Gasteiger partial charge is 0.416 e. The molecule has 1 amide bonds. The highest BCUT2D eigenvalue weighted by Crippen LogP contribution is 2.39. The van der Waals surface area contributed by atoms with Crippen molar-refractivity contribution in [1.29, 1.82) is 0 Å². The van der Waals surface area contributed by atoms with E-state index in [9.17, 15) is 18.0 Å². The van der Waals surface area contributed by atoms with Crippen LogP contribution in [0.3, 0.4) is 0 Å². The molecule has 0 saturated heterocycles. The number of alkyl halides is 3. The highest BCUT2D eigenvalue weighted by Gasteiger charge is 2.31.